The minimum Gasteiger partial charge on any atom is -0.394 e. The smallest absolute Gasteiger partial charge is 0.347 e. The average molecular weight is 271 g/mol. The monoisotopic (exact) mass is 271 g/mol. The third-order valence-electron chi connectivity index (χ3n) is 3.43. The van der Waals surface area contributed by atoms with Crippen LogP contribution in [0, 0.1) is 0 Å². The summed E-state index contributed by atoms with van der Waals surface area (Å²) < 4.78 is 23.8. The van der Waals surface area contributed by atoms with Crippen LogP contribution in [-0.2, 0) is 16.3 Å². The molecule has 1 fully saturated rings. The first-order valence-corrected chi connectivity index (χ1v) is 7.36. The number of fused-ring (bicyclic) bond motifs is 1. The number of aliphatic hydroxyl groups is 1. The third kappa shape index (κ3) is 1.72. The van der Waals surface area contributed by atoms with Crippen LogP contribution in [0.1, 0.15) is 18.5 Å². The zero-order valence-corrected chi connectivity index (χ0v) is 10.4. The molecule has 18 heavy (non-hydrogen) atoms. The van der Waals surface area contributed by atoms with E-state index in [2.05, 4.69) is 15.3 Å². The number of anilines is 1. The van der Waals surface area contributed by atoms with E-state index in [4.69, 9.17) is 0 Å². The molecule has 1 aliphatic heterocycles. The van der Waals surface area contributed by atoms with Gasteiger partial charge in [0, 0.05) is 12.1 Å². The van der Waals surface area contributed by atoms with Gasteiger partial charge in [-0.15, -0.1) is 0 Å². The number of aliphatic hydroxyl groups excluding tert-OH is 1. The van der Waals surface area contributed by atoms with Gasteiger partial charge in [-0.25, -0.2) is 13.2 Å². The first-order chi connectivity index (χ1) is 8.46. The molecule has 0 radical (unpaired) electrons. The van der Waals surface area contributed by atoms with Crippen molar-refractivity contribution in [2.75, 3.05) is 17.7 Å². The Bertz CT molecular complexity index is 660. The number of nitrogens with one attached hydrogen (secondary N) is 2. The first-order valence-electron chi connectivity index (χ1n) is 5.71. The number of nitrogens with zero attached hydrogens (tertiary/aromatic N) is 1. The molecule has 3 N–H and O–H groups in total. The lowest BCUT2D eigenvalue weighted by molar-refractivity contribution is 0.265. The summed E-state index contributed by atoms with van der Waals surface area (Å²) in [7, 11) is -3.38. The topological polar surface area (TPSA) is 112 Å². The summed E-state index contributed by atoms with van der Waals surface area (Å²) in [6.07, 6.45) is 1.79. The molecule has 1 aromatic rings. The molecular weight excluding hydrogens is 258 g/mol. The number of hydrogen-bond acceptors (Lipinski definition) is 6. The van der Waals surface area contributed by atoms with E-state index in [9.17, 15) is 18.3 Å². The van der Waals surface area contributed by atoms with E-state index < -0.39 is 21.1 Å². The number of aryl methyl sites for hydroxylation is 1. The molecular formula is C10H13N3O4S. The first kappa shape index (κ1) is 11.7. The van der Waals surface area contributed by atoms with E-state index in [0.717, 1.165) is 12.8 Å². The summed E-state index contributed by atoms with van der Waals surface area (Å²) in [5.41, 5.74) is -0.666. The van der Waals surface area contributed by atoms with Crippen LogP contribution < -0.4 is 11.0 Å². The molecule has 0 amide bonds. The second-order valence-corrected chi connectivity index (χ2v) is 6.88. The second-order valence-electron chi connectivity index (χ2n) is 4.83. The van der Waals surface area contributed by atoms with Crippen molar-refractivity contribution < 1.29 is 13.5 Å². The Hall–Kier alpha value is -1.41. The number of hydrogen-bond donors (Lipinski definition) is 3. The summed E-state index contributed by atoms with van der Waals surface area (Å²) >= 11 is 0. The minimum atomic E-state index is -3.38. The van der Waals surface area contributed by atoms with Crippen LogP contribution in [0.3, 0.4) is 0 Å². The van der Waals surface area contributed by atoms with Gasteiger partial charge in [-0.3, -0.25) is 0 Å². The molecule has 0 atom stereocenters. The normalized spacial score (nSPS) is 22.5. The summed E-state index contributed by atoms with van der Waals surface area (Å²) in [6.45, 7) is -0.101. The molecule has 7 nitrogen and oxygen atoms in total. The standard InChI is InChI=1S/C10H13N3O4S/c14-5-10(2-3-10)13-8-7-6(11-9(15)12-8)1-4-18(7,16)17/h14H,1-5H2,(H2,11,12,13,15). The molecule has 1 aliphatic carbocycles. The zero-order valence-electron chi connectivity index (χ0n) is 9.56. The quantitative estimate of drug-likeness (QED) is 0.652. The fourth-order valence-corrected chi connectivity index (χ4v) is 3.76. The molecule has 0 bridgehead atoms. The van der Waals surface area contributed by atoms with Gasteiger partial charge in [0.25, 0.3) is 0 Å². The van der Waals surface area contributed by atoms with Crippen molar-refractivity contribution >= 4 is 15.7 Å². The van der Waals surface area contributed by atoms with E-state index in [1.165, 1.54) is 0 Å². The lowest BCUT2D eigenvalue weighted by Crippen LogP contribution is -2.29. The zero-order chi connectivity index (χ0) is 13.0. The molecule has 2 aliphatic rings. The second kappa shape index (κ2) is 3.55. The Kier molecular flexibility index (Phi) is 2.30. The van der Waals surface area contributed by atoms with Crippen molar-refractivity contribution in [1.29, 1.82) is 0 Å². The fourth-order valence-electron chi connectivity index (χ4n) is 2.17. The van der Waals surface area contributed by atoms with Gasteiger partial charge in [0.15, 0.2) is 15.7 Å². The van der Waals surface area contributed by atoms with Crippen molar-refractivity contribution in [3.05, 3.63) is 16.2 Å². The van der Waals surface area contributed by atoms with Crippen molar-refractivity contribution in [3.63, 3.8) is 0 Å². The van der Waals surface area contributed by atoms with E-state index in [1.54, 1.807) is 0 Å². The van der Waals surface area contributed by atoms with Crippen molar-refractivity contribution in [1.82, 2.24) is 9.97 Å². The van der Waals surface area contributed by atoms with Gasteiger partial charge in [-0.2, -0.15) is 4.98 Å². The van der Waals surface area contributed by atoms with Gasteiger partial charge < -0.3 is 15.4 Å². The van der Waals surface area contributed by atoms with Crippen LogP contribution in [-0.4, -0.2) is 41.4 Å². The maximum atomic E-state index is 11.9. The number of sulfone groups is 1. The fraction of sp³-hybridized carbons (Fsp3) is 0.600. The van der Waals surface area contributed by atoms with Crippen LogP contribution in [0.4, 0.5) is 5.82 Å². The highest BCUT2D eigenvalue weighted by Crippen LogP contribution is 2.40. The Morgan fingerprint density at radius 3 is 2.78 bits per heavy atom. The van der Waals surface area contributed by atoms with Crippen LogP contribution in [0.2, 0.25) is 0 Å². The van der Waals surface area contributed by atoms with Crippen LogP contribution in [0.5, 0.6) is 0 Å². The number of rotatable bonds is 3. The van der Waals surface area contributed by atoms with Gasteiger partial charge in [-0.05, 0) is 12.8 Å². The lowest BCUT2D eigenvalue weighted by atomic mass is 10.2. The molecule has 0 spiro atoms. The minimum absolute atomic E-state index is 0.00916. The summed E-state index contributed by atoms with van der Waals surface area (Å²) in [4.78, 5) is 17.6. The van der Waals surface area contributed by atoms with Crippen molar-refractivity contribution in [2.24, 2.45) is 0 Å². The van der Waals surface area contributed by atoms with E-state index >= 15 is 0 Å². The predicted octanol–water partition coefficient (Wildman–Crippen LogP) is -0.964. The Balaban J connectivity index is 2.12. The van der Waals surface area contributed by atoms with Crippen LogP contribution >= 0.6 is 0 Å². The molecule has 98 valence electrons. The molecule has 1 saturated carbocycles. The molecule has 8 heteroatoms. The molecule has 3 rings (SSSR count). The molecule has 0 saturated heterocycles. The predicted molar refractivity (Wildman–Crippen MR) is 63.3 cm³/mol. The Labute approximate surface area is 103 Å². The Morgan fingerprint density at radius 1 is 1.44 bits per heavy atom. The van der Waals surface area contributed by atoms with Crippen molar-refractivity contribution in [2.45, 2.75) is 29.7 Å². The number of H-pyrrole nitrogens is 1. The average Bonchev–Trinajstić information content (AvgIpc) is 2.99. The highest BCUT2D eigenvalue weighted by Gasteiger charge is 2.44. The Morgan fingerprint density at radius 2 is 2.17 bits per heavy atom. The van der Waals surface area contributed by atoms with Gasteiger partial charge in [0.2, 0.25) is 0 Å². The number of aromatic nitrogens is 2. The third-order valence-corrected chi connectivity index (χ3v) is 5.24. The highest BCUT2D eigenvalue weighted by atomic mass is 32.2. The van der Waals surface area contributed by atoms with E-state index in [0.29, 0.717) is 12.1 Å². The van der Waals surface area contributed by atoms with Crippen molar-refractivity contribution in [3.8, 4) is 0 Å². The molecule has 2 heterocycles. The van der Waals surface area contributed by atoms with Crippen LogP contribution in [0.15, 0.2) is 9.69 Å². The molecule has 1 aromatic heterocycles. The molecule has 0 aromatic carbocycles. The number of aromatic amines is 1. The maximum absolute atomic E-state index is 11.9. The maximum Gasteiger partial charge on any atom is 0.347 e. The van der Waals surface area contributed by atoms with E-state index in [1.807, 2.05) is 0 Å². The van der Waals surface area contributed by atoms with Gasteiger partial charge in [0.1, 0.15) is 4.90 Å². The van der Waals surface area contributed by atoms with Crippen LogP contribution in [0.25, 0.3) is 0 Å². The van der Waals surface area contributed by atoms with Gasteiger partial charge in [0.05, 0.1) is 17.9 Å². The summed E-state index contributed by atoms with van der Waals surface area (Å²) in [5, 5.41) is 12.2. The largest absolute Gasteiger partial charge is 0.394 e. The van der Waals surface area contributed by atoms with Gasteiger partial charge in [-0.1, -0.05) is 0 Å². The molecule has 0 unspecified atom stereocenters. The highest BCUT2D eigenvalue weighted by molar-refractivity contribution is 7.91. The summed E-state index contributed by atoms with van der Waals surface area (Å²) in [6, 6.07) is 0. The SMILES string of the molecule is O=c1nc(NC2(CO)CC2)c2c([nH]1)CCS2(=O)=O. The lowest BCUT2D eigenvalue weighted by Gasteiger charge is -2.16. The van der Waals surface area contributed by atoms with Gasteiger partial charge >= 0.3 is 5.69 Å². The summed E-state index contributed by atoms with van der Waals surface area (Å²) in [5.74, 6) is 0.0721. The van der Waals surface area contributed by atoms with E-state index in [-0.39, 0.29) is 23.1 Å².